The Morgan fingerprint density at radius 3 is 2.29 bits per heavy atom. The molecule has 17 heavy (non-hydrogen) atoms. The van der Waals surface area contributed by atoms with Crippen LogP contribution in [0.15, 0.2) is 24.4 Å². The lowest BCUT2D eigenvalue weighted by Gasteiger charge is -2.11. The molecule has 0 radical (unpaired) electrons. The molecule has 0 aliphatic heterocycles. The normalized spacial score (nSPS) is 12.2. The van der Waals surface area contributed by atoms with Gasteiger partial charge in [-0.15, -0.1) is 0 Å². The average molecular weight is 252 g/mol. The Labute approximate surface area is 103 Å². The van der Waals surface area contributed by atoms with E-state index in [1.807, 2.05) is 0 Å². The van der Waals surface area contributed by atoms with Crippen molar-refractivity contribution in [2.45, 2.75) is 6.10 Å². The summed E-state index contributed by atoms with van der Waals surface area (Å²) in [6.45, 7) is 0. The fraction of sp³-hybridized carbons (Fsp3) is 0.273. The van der Waals surface area contributed by atoms with E-state index < -0.39 is 6.10 Å². The number of ether oxygens (including phenoxy) is 2. The minimum atomic E-state index is -0.822. The molecule has 1 aromatic heterocycles. The lowest BCUT2D eigenvalue weighted by Crippen LogP contribution is -2.01. The van der Waals surface area contributed by atoms with E-state index in [1.54, 1.807) is 38.6 Å². The third-order valence-corrected chi connectivity index (χ3v) is 2.84. The predicted molar refractivity (Wildman–Crippen MR) is 63.5 cm³/mol. The number of hydrogen-bond donors (Lipinski definition) is 1. The SMILES string of the molecule is COc1cc(OC)cc(C(O)c2cnsn2)c1. The zero-order valence-corrected chi connectivity index (χ0v) is 10.3. The lowest BCUT2D eigenvalue weighted by molar-refractivity contribution is 0.215. The molecule has 1 N–H and O–H groups in total. The summed E-state index contributed by atoms with van der Waals surface area (Å²) in [5.41, 5.74) is 1.18. The van der Waals surface area contributed by atoms with Gasteiger partial charge in [-0.05, 0) is 17.7 Å². The summed E-state index contributed by atoms with van der Waals surface area (Å²) in [6, 6.07) is 5.23. The second-order valence-electron chi connectivity index (χ2n) is 3.38. The molecule has 0 aliphatic carbocycles. The highest BCUT2D eigenvalue weighted by Gasteiger charge is 2.15. The first-order valence-electron chi connectivity index (χ1n) is 4.93. The van der Waals surface area contributed by atoms with Crippen LogP contribution in [0, 0.1) is 0 Å². The molecule has 0 bridgehead atoms. The summed E-state index contributed by atoms with van der Waals surface area (Å²) in [7, 11) is 3.13. The molecule has 0 fully saturated rings. The van der Waals surface area contributed by atoms with Gasteiger partial charge in [-0.1, -0.05) is 0 Å². The lowest BCUT2D eigenvalue weighted by atomic mass is 10.1. The van der Waals surface area contributed by atoms with Crippen LogP contribution in [0.25, 0.3) is 0 Å². The smallest absolute Gasteiger partial charge is 0.124 e. The molecule has 0 amide bonds. The van der Waals surface area contributed by atoms with Gasteiger partial charge >= 0.3 is 0 Å². The van der Waals surface area contributed by atoms with Gasteiger partial charge in [-0.2, -0.15) is 8.75 Å². The standard InChI is InChI=1S/C11H12N2O3S/c1-15-8-3-7(4-9(5-8)16-2)11(14)10-6-12-17-13-10/h3-6,11,14H,1-2H3. The number of aliphatic hydroxyl groups is 1. The first-order chi connectivity index (χ1) is 8.24. The molecule has 1 atom stereocenters. The third kappa shape index (κ3) is 2.54. The van der Waals surface area contributed by atoms with Crippen LogP contribution in [0.3, 0.4) is 0 Å². The highest BCUT2D eigenvalue weighted by Crippen LogP contribution is 2.29. The van der Waals surface area contributed by atoms with Crippen LogP contribution in [0.5, 0.6) is 11.5 Å². The number of nitrogens with zero attached hydrogens (tertiary/aromatic N) is 2. The summed E-state index contributed by atoms with van der Waals surface area (Å²) in [5.74, 6) is 1.25. The summed E-state index contributed by atoms with van der Waals surface area (Å²) >= 11 is 1.06. The molecule has 0 aliphatic rings. The average Bonchev–Trinajstić information content (AvgIpc) is 2.91. The van der Waals surface area contributed by atoms with E-state index in [4.69, 9.17) is 9.47 Å². The van der Waals surface area contributed by atoms with Crippen molar-refractivity contribution in [2.24, 2.45) is 0 Å². The Balaban J connectivity index is 2.37. The number of aliphatic hydroxyl groups excluding tert-OH is 1. The van der Waals surface area contributed by atoms with Crippen LogP contribution in [-0.2, 0) is 0 Å². The van der Waals surface area contributed by atoms with Gasteiger partial charge in [0, 0.05) is 6.07 Å². The Bertz CT molecular complexity index is 465. The summed E-state index contributed by atoms with van der Waals surface area (Å²) in [4.78, 5) is 0. The topological polar surface area (TPSA) is 64.5 Å². The monoisotopic (exact) mass is 252 g/mol. The van der Waals surface area contributed by atoms with Crippen molar-refractivity contribution in [3.63, 3.8) is 0 Å². The maximum atomic E-state index is 10.1. The number of aromatic nitrogens is 2. The number of hydrogen-bond acceptors (Lipinski definition) is 6. The summed E-state index contributed by atoms with van der Waals surface area (Å²) in [5, 5.41) is 10.1. The van der Waals surface area contributed by atoms with E-state index in [2.05, 4.69) is 8.75 Å². The number of methoxy groups -OCH3 is 2. The van der Waals surface area contributed by atoms with Crippen LogP contribution in [0.2, 0.25) is 0 Å². The second kappa shape index (κ2) is 5.11. The van der Waals surface area contributed by atoms with Crippen molar-refractivity contribution in [1.82, 2.24) is 8.75 Å². The van der Waals surface area contributed by atoms with Gasteiger partial charge in [-0.3, -0.25) is 0 Å². The zero-order chi connectivity index (χ0) is 12.3. The van der Waals surface area contributed by atoms with Gasteiger partial charge in [0.05, 0.1) is 32.1 Å². The van der Waals surface area contributed by atoms with Gasteiger partial charge in [0.2, 0.25) is 0 Å². The number of benzene rings is 1. The third-order valence-electron chi connectivity index (χ3n) is 2.35. The molecular formula is C11H12N2O3S. The van der Waals surface area contributed by atoms with Crippen molar-refractivity contribution >= 4 is 11.7 Å². The molecule has 6 heteroatoms. The first kappa shape index (κ1) is 11.8. The predicted octanol–water partition coefficient (Wildman–Crippen LogP) is 1.64. The minimum Gasteiger partial charge on any atom is -0.497 e. The largest absolute Gasteiger partial charge is 0.497 e. The van der Waals surface area contributed by atoms with E-state index in [9.17, 15) is 5.11 Å². The van der Waals surface area contributed by atoms with E-state index in [0.29, 0.717) is 22.8 Å². The fourth-order valence-corrected chi connectivity index (χ4v) is 1.89. The molecule has 1 unspecified atom stereocenters. The van der Waals surface area contributed by atoms with E-state index in [1.165, 1.54) is 0 Å². The molecule has 2 rings (SSSR count). The first-order valence-corrected chi connectivity index (χ1v) is 5.66. The van der Waals surface area contributed by atoms with Crippen LogP contribution in [0.4, 0.5) is 0 Å². The van der Waals surface area contributed by atoms with Crippen LogP contribution >= 0.6 is 11.7 Å². The van der Waals surface area contributed by atoms with Crippen molar-refractivity contribution in [1.29, 1.82) is 0 Å². The molecule has 5 nitrogen and oxygen atoms in total. The summed E-state index contributed by atoms with van der Waals surface area (Å²) < 4.78 is 18.1. The van der Waals surface area contributed by atoms with Gasteiger partial charge in [0.15, 0.2) is 0 Å². The highest BCUT2D eigenvalue weighted by molar-refractivity contribution is 6.99. The Hall–Kier alpha value is -1.66. The molecular weight excluding hydrogens is 240 g/mol. The van der Waals surface area contributed by atoms with Crippen molar-refractivity contribution in [2.75, 3.05) is 14.2 Å². The van der Waals surface area contributed by atoms with Crippen molar-refractivity contribution in [3.8, 4) is 11.5 Å². The van der Waals surface area contributed by atoms with E-state index in [-0.39, 0.29) is 0 Å². The van der Waals surface area contributed by atoms with Crippen LogP contribution < -0.4 is 9.47 Å². The molecule has 1 aromatic carbocycles. The van der Waals surface area contributed by atoms with Crippen molar-refractivity contribution < 1.29 is 14.6 Å². The van der Waals surface area contributed by atoms with Gasteiger partial charge in [0.25, 0.3) is 0 Å². The minimum absolute atomic E-state index is 0.519. The van der Waals surface area contributed by atoms with E-state index >= 15 is 0 Å². The quantitative estimate of drug-likeness (QED) is 0.896. The molecule has 0 saturated carbocycles. The Morgan fingerprint density at radius 2 is 1.82 bits per heavy atom. The number of rotatable bonds is 4. The van der Waals surface area contributed by atoms with Gasteiger partial charge < -0.3 is 14.6 Å². The molecule has 0 spiro atoms. The van der Waals surface area contributed by atoms with Crippen LogP contribution in [-0.4, -0.2) is 28.1 Å². The molecule has 0 saturated heterocycles. The van der Waals surface area contributed by atoms with Crippen molar-refractivity contribution in [3.05, 3.63) is 35.7 Å². The van der Waals surface area contributed by atoms with Crippen LogP contribution in [0.1, 0.15) is 17.4 Å². The van der Waals surface area contributed by atoms with Gasteiger partial charge in [0.1, 0.15) is 23.3 Å². The summed E-state index contributed by atoms with van der Waals surface area (Å²) in [6.07, 6.45) is 0.721. The maximum absolute atomic E-state index is 10.1. The van der Waals surface area contributed by atoms with E-state index in [0.717, 1.165) is 11.7 Å². The Kier molecular flexibility index (Phi) is 3.55. The second-order valence-corrected chi connectivity index (χ2v) is 3.94. The fourth-order valence-electron chi connectivity index (χ4n) is 1.45. The molecule has 90 valence electrons. The maximum Gasteiger partial charge on any atom is 0.124 e. The molecule has 2 aromatic rings. The Morgan fingerprint density at radius 1 is 1.18 bits per heavy atom. The zero-order valence-electron chi connectivity index (χ0n) is 9.45. The molecule has 1 heterocycles. The highest BCUT2D eigenvalue weighted by atomic mass is 32.1. The van der Waals surface area contributed by atoms with Gasteiger partial charge in [-0.25, -0.2) is 0 Å².